The van der Waals surface area contributed by atoms with Crippen molar-refractivity contribution in [3.63, 3.8) is 0 Å². The normalized spacial score (nSPS) is 15.1. The van der Waals surface area contributed by atoms with Gasteiger partial charge in [0.05, 0.1) is 26.9 Å². The lowest BCUT2D eigenvalue weighted by Gasteiger charge is -2.27. The first-order valence-electron chi connectivity index (χ1n) is 10.8. The third-order valence-electron chi connectivity index (χ3n) is 5.41. The first-order chi connectivity index (χ1) is 15.2. The molecule has 2 N–H and O–H groups in total. The Kier molecular flexibility index (Phi) is 11.4. The number of nitrogens with zero attached hydrogens (tertiary/aromatic N) is 2. The predicted molar refractivity (Wildman–Crippen MR) is 142 cm³/mol. The van der Waals surface area contributed by atoms with E-state index >= 15 is 0 Å². The molecule has 0 spiro atoms. The minimum atomic E-state index is 0. The van der Waals surface area contributed by atoms with Gasteiger partial charge in [-0.15, -0.1) is 35.3 Å². The van der Waals surface area contributed by atoms with Crippen LogP contribution in [0.2, 0.25) is 0 Å². The van der Waals surface area contributed by atoms with Gasteiger partial charge in [0.25, 0.3) is 0 Å². The Bertz CT molecular complexity index is 817. The van der Waals surface area contributed by atoms with Gasteiger partial charge in [-0.1, -0.05) is 6.07 Å². The van der Waals surface area contributed by atoms with Crippen LogP contribution in [0.4, 0.5) is 0 Å². The fraction of sp³-hybridized carbons (Fsp3) is 0.522. The van der Waals surface area contributed by atoms with E-state index in [0.29, 0.717) is 36.4 Å². The van der Waals surface area contributed by atoms with Crippen molar-refractivity contribution in [2.75, 3.05) is 47.5 Å². The molecule has 1 unspecified atom stereocenters. The fourth-order valence-electron chi connectivity index (χ4n) is 3.87. The van der Waals surface area contributed by atoms with Gasteiger partial charge < -0.3 is 24.8 Å². The summed E-state index contributed by atoms with van der Waals surface area (Å²) < 4.78 is 16.7. The van der Waals surface area contributed by atoms with Crippen molar-refractivity contribution in [1.29, 1.82) is 0 Å². The summed E-state index contributed by atoms with van der Waals surface area (Å²) >= 11 is 1.82. The van der Waals surface area contributed by atoms with E-state index in [0.717, 1.165) is 31.2 Å². The molecule has 0 radical (unpaired) electrons. The fourth-order valence-corrected chi connectivity index (χ4v) is 4.73. The number of hydrogen-bond acceptors (Lipinski definition) is 6. The summed E-state index contributed by atoms with van der Waals surface area (Å²) in [5.41, 5.74) is 1.02. The van der Waals surface area contributed by atoms with Gasteiger partial charge in [-0.2, -0.15) is 0 Å². The predicted octanol–water partition coefficient (Wildman–Crippen LogP) is 4.28. The number of likely N-dealkylation sites (tertiary alicyclic amines) is 1. The summed E-state index contributed by atoms with van der Waals surface area (Å²) in [6.45, 7) is 6.20. The molecule has 1 aliphatic heterocycles. The number of guanidine groups is 1. The number of aliphatic imine (C=N–C) groups is 1. The van der Waals surface area contributed by atoms with Crippen LogP contribution in [0, 0.1) is 0 Å². The van der Waals surface area contributed by atoms with Crippen molar-refractivity contribution < 1.29 is 14.2 Å². The van der Waals surface area contributed by atoms with Crippen molar-refractivity contribution >= 4 is 41.3 Å². The van der Waals surface area contributed by atoms with Gasteiger partial charge in [0, 0.05) is 25.0 Å². The van der Waals surface area contributed by atoms with Crippen molar-refractivity contribution in [2.45, 2.75) is 32.4 Å². The topological polar surface area (TPSA) is 67.4 Å². The zero-order valence-electron chi connectivity index (χ0n) is 19.3. The van der Waals surface area contributed by atoms with Crippen LogP contribution >= 0.6 is 35.3 Å². The first kappa shape index (κ1) is 26.5. The third kappa shape index (κ3) is 6.89. The van der Waals surface area contributed by atoms with Crippen LogP contribution in [0.25, 0.3) is 0 Å². The van der Waals surface area contributed by atoms with Crippen LogP contribution in [0.1, 0.15) is 36.2 Å². The van der Waals surface area contributed by atoms with Gasteiger partial charge in [0.2, 0.25) is 5.75 Å². The first-order valence-corrected chi connectivity index (χ1v) is 11.7. The van der Waals surface area contributed by atoms with Crippen LogP contribution in [-0.4, -0.2) is 58.4 Å². The second-order valence-corrected chi connectivity index (χ2v) is 8.32. The van der Waals surface area contributed by atoms with Gasteiger partial charge in [0.1, 0.15) is 0 Å². The highest BCUT2D eigenvalue weighted by atomic mass is 127. The molecule has 7 nitrogen and oxygen atoms in total. The molecule has 1 saturated heterocycles. The Labute approximate surface area is 212 Å². The summed E-state index contributed by atoms with van der Waals surface area (Å²) in [4.78, 5) is 8.37. The highest BCUT2D eigenvalue weighted by Crippen LogP contribution is 2.38. The van der Waals surface area contributed by atoms with Crippen molar-refractivity contribution in [3.05, 3.63) is 40.1 Å². The quantitative estimate of drug-likeness (QED) is 0.251. The van der Waals surface area contributed by atoms with E-state index in [1.807, 2.05) is 30.4 Å². The van der Waals surface area contributed by atoms with E-state index in [1.54, 1.807) is 21.3 Å². The van der Waals surface area contributed by atoms with Crippen molar-refractivity contribution in [3.8, 4) is 17.2 Å². The molecular weight excluding hydrogens is 539 g/mol. The monoisotopic (exact) mass is 574 g/mol. The van der Waals surface area contributed by atoms with Crippen molar-refractivity contribution in [1.82, 2.24) is 15.5 Å². The van der Waals surface area contributed by atoms with Gasteiger partial charge in [-0.05, 0) is 62.0 Å². The number of benzene rings is 1. The second kappa shape index (κ2) is 13.7. The second-order valence-electron chi connectivity index (χ2n) is 7.34. The molecule has 1 aromatic carbocycles. The minimum Gasteiger partial charge on any atom is -0.493 e. The number of ether oxygens (including phenoxy) is 3. The Hall–Kier alpha value is -1.72. The van der Waals surface area contributed by atoms with E-state index < -0.39 is 0 Å². The smallest absolute Gasteiger partial charge is 0.203 e. The van der Waals surface area contributed by atoms with Gasteiger partial charge in [-0.3, -0.25) is 9.89 Å². The summed E-state index contributed by atoms with van der Waals surface area (Å²) in [6, 6.07) is 8.65. The summed E-state index contributed by atoms with van der Waals surface area (Å²) in [7, 11) is 5.07. The zero-order valence-corrected chi connectivity index (χ0v) is 22.5. The van der Waals surface area contributed by atoms with Crippen LogP contribution in [0.15, 0.2) is 34.6 Å². The molecule has 1 aromatic heterocycles. The molecule has 1 atom stereocenters. The minimum absolute atomic E-state index is 0. The molecule has 2 heterocycles. The summed E-state index contributed by atoms with van der Waals surface area (Å²) in [6.07, 6.45) is 2.55. The number of methoxy groups -OCH3 is 2. The standard InChI is InChI=1S/C23H34N4O3S.HI/c1-5-30-22-19(28-3)13-17(14-20(22)29-4)15-25-23(24-2)26-16-18(21-9-8-12-31-21)27-10-6-7-11-27;/h8-9,12-14,18H,5-7,10-11,15-16H2,1-4H3,(H2,24,25,26);1H. The number of hydrogen-bond donors (Lipinski definition) is 2. The lowest BCUT2D eigenvalue weighted by atomic mass is 10.1. The maximum Gasteiger partial charge on any atom is 0.203 e. The molecule has 1 fully saturated rings. The lowest BCUT2D eigenvalue weighted by Crippen LogP contribution is -2.42. The molecule has 0 aliphatic carbocycles. The van der Waals surface area contributed by atoms with E-state index in [4.69, 9.17) is 14.2 Å². The van der Waals surface area contributed by atoms with Crippen LogP contribution in [0.5, 0.6) is 17.2 Å². The lowest BCUT2D eigenvalue weighted by molar-refractivity contribution is 0.249. The van der Waals surface area contributed by atoms with Gasteiger partial charge in [0.15, 0.2) is 17.5 Å². The Balaban J connectivity index is 0.00000363. The summed E-state index contributed by atoms with van der Waals surface area (Å²) in [5.74, 6) is 2.72. The zero-order chi connectivity index (χ0) is 22.1. The number of thiophene rings is 1. The molecule has 9 heteroatoms. The number of nitrogens with one attached hydrogen (secondary N) is 2. The largest absolute Gasteiger partial charge is 0.493 e. The molecule has 3 rings (SSSR count). The Morgan fingerprint density at radius 1 is 1.16 bits per heavy atom. The van der Waals surface area contributed by atoms with E-state index in [-0.39, 0.29) is 24.0 Å². The maximum atomic E-state index is 5.69. The van der Waals surface area contributed by atoms with E-state index in [9.17, 15) is 0 Å². The molecule has 0 bridgehead atoms. The molecule has 178 valence electrons. The average molecular weight is 575 g/mol. The number of rotatable bonds is 10. The maximum absolute atomic E-state index is 5.69. The van der Waals surface area contributed by atoms with Crippen LogP contribution < -0.4 is 24.8 Å². The molecule has 1 aliphatic rings. The molecular formula is C23H35IN4O3S. The SMILES string of the molecule is CCOc1c(OC)cc(CNC(=NC)NCC(c2cccs2)N2CCCC2)cc1OC.I. The molecule has 32 heavy (non-hydrogen) atoms. The van der Waals surface area contributed by atoms with Crippen LogP contribution in [-0.2, 0) is 6.54 Å². The molecule has 0 saturated carbocycles. The number of halogens is 1. The Morgan fingerprint density at radius 3 is 2.38 bits per heavy atom. The third-order valence-corrected chi connectivity index (χ3v) is 6.38. The summed E-state index contributed by atoms with van der Waals surface area (Å²) in [5, 5.41) is 9.06. The highest BCUT2D eigenvalue weighted by molar-refractivity contribution is 14.0. The van der Waals surface area contributed by atoms with E-state index in [2.05, 4.69) is 38.0 Å². The Morgan fingerprint density at radius 2 is 1.84 bits per heavy atom. The van der Waals surface area contributed by atoms with Crippen LogP contribution in [0.3, 0.4) is 0 Å². The molecule has 2 aromatic rings. The average Bonchev–Trinajstić information content (AvgIpc) is 3.51. The van der Waals surface area contributed by atoms with Crippen molar-refractivity contribution in [2.24, 2.45) is 4.99 Å². The van der Waals surface area contributed by atoms with Gasteiger partial charge >= 0.3 is 0 Å². The van der Waals surface area contributed by atoms with E-state index in [1.165, 1.54) is 17.7 Å². The molecule has 0 amide bonds. The van der Waals surface area contributed by atoms with Gasteiger partial charge in [-0.25, -0.2) is 0 Å². The highest BCUT2D eigenvalue weighted by Gasteiger charge is 2.24.